The van der Waals surface area contributed by atoms with E-state index in [9.17, 15) is 58.8 Å². The Kier molecular flexibility index (Phi) is 23.8. The van der Waals surface area contributed by atoms with E-state index in [4.69, 9.17) is 11.5 Å². The maximum Gasteiger partial charge on any atom is 0.326 e. The molecule has 1 fully saturated rings. The summed E-state index contributed by atoms with van der Waals surface area (Å²) in [4.78, 5) is 109. The number of nitrogens with one attached hydrogen (secondary N) is 8. The van der Waals surface area contributed by atoms with E-state index in [1.54, 1.807) is 27.7 Å². The van der Waals surface area contributed by atoms with Crippen LogP contribution in [-0.4, -0.2) is 154 Å². The number of guanidine groups is 1. The minimum absolute atomic E-state index is 0.0154. The number of nitrogens with zero attached hydrogens (tertiary/aromatic N) is 1. The highest BCUT2D eigenvalue weighted by Crippen LogP contribution is 2.11. The molecule has 1 saturated heterocycles. The van der Waals surface area contributed by atoms with Crippen molar-refractivity contribution in [1.82, 2.24) is 42.5 Å². The number of carboxylic acids is 1. The van der Waals surface area contributed by atoms with Gasteiger partial charge in [-0.15, -0.1) is 0 Å². The lowest BCUT2D eigenvalue weighted by atomic mass is 10.0. The second kappa shape index (κ2) is 26.9. The Labute approximate surface area is 356 Å². The van der Waals surface area contributed by atoms with Crippen LogP contribution in [0.5, 0.6) is 0 Å². The second-order valence-corrected chi connectivity index (χ2v) is 16.3. The summed E-state index contributed by atoms with van der Waals surface area (Å²) in [7, 11) is 0. The molecule has 0 aromatic rings. The first kappa shape index (κ1) is 53.9. The fourth-order valence-electron chi connectivity index (χ4n) is 6.25. The van der Waals surface area contributed by atoms with Gasteiger partial charge in [-0.05, 0) is 69.7 Å². The van der Waals surface area contributed by atoms with Crippen molar-refractivity contribution in [1.29, 1.82) is 0 Å². The Morgan fingerprint density at radius 2 is 1.08 bits per heavy atom. The number of carboxylic acid groups (broad SMARTS) is 1. The fourth-order valence-corrected chi connectivity index (χ4v) is 6.25. The average Bonchev–Trinajstić information content (AvgIpc) is 3.72. The first-order valence-corrected chi connectivity index (χ1v) is 20.6. The quantitative estimate of drug-likeness (QED) is 0.0210. The highest BCUT2D eigenvalue weighted by atomic mass is 16.4. The Bertz CT molecular complexity index is 1520. The van der Waals surface area contributed by atoms with E-state index in [2.05, 4.69) is 47.5 Å². The van der Waals surface area contributed by atoms with E-state index in [1.165, 1.54) is 6.92 Å². The molecule has 348 valence electrons. The third-order valence-electron chi connectivity index (χ3n) is 9.56. The standard InChI is InChI=1S/C38H69N11O12/c1-18(2)14-24(44-30(53)22-10-8-12-41-22)32(55)46-26(16-50)34(57)43-23(11-9-13-42-38(39)40)31(54)49-29(21(7)52)36(59)45-25(15-19(3)4)33(56)47-27(17-51)35(58)48-28(20(5)6)37(60)61/h18-29,41,50-52H,8-17H2,1-7H3,(H,43,57)(H,44,53)(H,45,59)(H,46,55)(H,47,56)(H,48,58)(H,49,54)(H,60,61)(H4,39,40,42)/t21-,22+,23+,24+,25+,26+,27+,28+,29+/m1/s1. The third kappa shape index (κ3) is 19.4. The van der Waals surface area contributed by atoms with Crippen LogP contribution in [0.1, 0.15) is 87.0 Å². The van der Waals surface area contributed by atoms with Crippen molar-refractivity contribution in [2.45, 2.75) is 141 Å². The van der Waals surface area contributed by atoms with Gasteiger partial charge in [-0.25, -0.2) is 4.79 Å². The van der Waals surface area contributed by atoms with Gasteiger partial charge < -0.3 is 74.4 Å². The van der Waals surface area contributed by atoms with Gasteiger partial charge in [0.25, 0.3) is 0 Å². The lowest BCUT2D eigenvalue weighted by Gasteiger charge is -2.29. The predicted octanol–water partition coefficient (Wildman–Crippen LogP) is -4.62. The number of nitrogens with two attached hydrogens (primary N) is 2. The van der Waals surface area contributed by atoms with Crippen LogP contribution in [0.3, 0.4) is 0 Å². The molecule has 7 amide bonds. The summed E-state index contributed by atoms with van der Waals surface area (Å²) in [5.41, 5.74) is 10.8. The van der Waals surface area contributed by atoms with Crippen LogP contribution >= 0.6 is 0 Å². The number of hydrogen-bond donors (Lipinski definition) is 14. The zero-order chi connectivity index (χ0) is 46.6. The molecule has 23 heteroatoms. The Balaban J connectivity index is 3.26. The number of carbonyl (C=O) groups excluding carboxylic acids is 7. The molecule has 0 spiro atoms. The van der Waals surface area contributed by atoms with Crippen molar-refractivity contribution in [3.63, 3.8) is 0 Å². The van der Waals surface area contributed by atoms with Crippen molar-refractivity contribution >= 4 is 53.3 Å². The molecule has 0 bridgehead atoms. The van der Waals surface area contributed by atoms with E-state index in [1.807, 2.05) is 13.8 Å². The number of rotatable bonds is 27. The largest absolute Gasteiger partial charge is 0.480 e. The Morgan fingerprint density at radius 3 is 1.51 bits per heavy atom. The predicted molar refractivity (Wildman–Crippen MR) is 222 cm³/mol. The molecular weight excluding hydrogens is 802 g/mol. The van der Waals surface area contributed by atoms with Crippen LogP contribution in [0, 0.1) is 17.8 Å². The molecule has 0 unspecified atom stereocenters. The summed E-state index contributed by atoms with van der Waals surface area (Å²) in [5.74, 6) is -8.48. The molecule has 61 heavy (non-hydrogen) atoms. The first-order chi connectivity index (χ1) is 28.5. The summed E-state index contributed by atoms with van der Waals surface area (Å²) in [6.45, 7) is 10.3. The zero-order valence-electron chi connectivity index (χ0n) is 36.2. The number of amides is 7. The number of carbonyl (C=O) groups is 8. The number of aliphatic hydroxyl groups excluding tert-OH is 3. The molecule has 1 aliphatic heterocycles. The van der Waals surface area contributed by atoms with Crippen LogP contribution in [0.25, 0.3) is 0 Å². The van der Waals surface area contributed by atoms with E-state index >= 15 is 0 Å². The fraction of sp³-hybridized carbons (Fsp3) is 0.763. The van der Waals surface area contributed by atoms with Gasteiger partial charge in [0.1, 0.15) is 42.3 Å². The van der Waals surface area contributed by atoms with Crippen LogP contribution < -0.4 is 54.0 Å². The topological polar surface area (TPSA) is 378 Å². The average molecular weight is 872 g/mol. The van der Waals surface area contributed by atoms with Crippen LogP contribution in [0.15, 0.2) is 4.99 Å². The Hall–Kier alpha value is -5.13. The van der Waals surface area contributed by atoms with Gasteiger partial charge in [-0.1, -0.05) is 41.5 Å². The monoisotopic (exact) mass is 872 g/mol. The molecule has 9 atom stereocenters. The highest BCUT2D eigenvalue weighted by Gasteiger charge is 2.36. The molecule has 0 aromatic heterocycles. The summed E-state index contributed by atoms with van der Waals surface area (Å²) in [6.07, 6.45) is -0.0433. The molecule has 0 aromatic carbocycles. The molecule has 23 nitrogen and oxygen atoms in total. The number of aliphatic carboxylic acids is 1. The Morgan fingerprint density at radius 1 is 0.639 bits per heavy atom. The summed E-state index contributed by atoms with van der Waals surface area (Å²) in [5, 5.41) is 60.2. The van der Waals surface area contributed by atoms with Crippen molar-refractivity contribution in [3.8, 4) is 0 Å². The van der Waals surface area contributed by atoms with Gasteiger partial charge in [0, 0.05) is 6.54 Å². The first-order valence-electron chi connectivity index (χ1n) is 20.6. The van der Waals surface area contributed by atoms with Crippen molar-refractivity contribution < 1.29 is 58.8 Å². The minimum atomic E-state index is -1.73. The maximum atomic E-state index is 13.8. The molecule has 1 rings (SSSR count). The molecular formula is C38H69N11O12. The lowest BCUT2D eigenvalue weighted by molar-refractivity contribution is -0.144. The van der Waals surface area contributed by atoms with Crippen molar-refractivity contribution in [3.05, 3.63) is 0 Å². The van der Waals surface area contributed by atoms with E-state index in [0.717, 1.165) is 6.42 Å². The molecule has 0 radical (unpaired) electrons. The van der Waals surface area contributed by atoms with Crippen molar-refractivity contribution in [2.75, 3.05) is 26.3 Å². The number of aliphatic imine (C=N–C) groups is 1. The molecule has 16 N–H and O–H groups in total. The highest BCUT2D eigenvalue weighted by molar-refractivity contribution is 5.97. The van der Waals surface area contributed by atoms with E-state index in [0.29, 0.717) is 13.0 Å². The van der Waals surface area contributed by atoms with Gasteiger partial charge in [0.05, 0.1) is 25.4 Å². The zero-order valence-corrected chi connectivity index (χ0v) is 36.2. The number of aliphatic hydroxyl groups is 3. The van der Waals surface area contributed by atoms with Gasteiger partial charge in [0.15, 0.2) is 5.96 Å². The van der Waals surface area contributed by atoms with Crippen LogP contribution in [0.4, 0.5) is 0 Å². The minimum Gasteiger partial charge on any atom is -0.480 e. The molecule has 1 aliphatic rings. The summed E-state index contributed by atoms with van der Waals surface area (Å²) < 4.78 is 0. The maximum absolute atomic E-state index is 13.8. The van der Waals surface area contributed by atoms with E-state index in [-0.39, 0.29) is 55.9 Å². The lowest BCUT2D eigenvalue weighted by Crippen LogP contribution is -2.62. The van der Waals surface area contributed by atoms with Crippen LogP contribution in [0.2, 0.25) is 0 Å². The molecule has 1 heterocycles. The SMILES string of the molecule is CC(C)C[C@H](NC(=O)[C@@H]1CCCN1)C(=O)N[C@@H](CO)C(=O)N[C@@H](CCCN=C(N)N)C(=O)N[C@H](C(=O)N[C@@H](CC(C)C)C(=O)N[C@@H](CO)C(=O)N[C@H](C(=O)O)C(C)C)[C@@H](C)O. The smallest absolute Gasteiger partial charge is 0.326 e. The molecule has 0 saturated carbocycles. The van der Waals surface area contributed by atoms with Gasteiger partial charge in [-0.3, -0.25) is 38.6 Å². The summed E-state index contributed by atoms with van der Waals surface area (Å²) >= 11 is 0. The van der Waals surface area contributed by atoms with E-state index < -0.39 is 115 Å². The van der Waals surface area contributed by atoms with Gasteiger partial charge in [-0.2, -0.15) is 0 Å². The van der Waals surface area contributed by atoms with Gasteiger partial charge >= 0.3 is 5.97 Å². The van der Waals surface area contributed by atoms with Crippen molar-refractivity contribution in [2.24, 2.45) is 34.2 Å². The van der Waals surface area contributed by atoms with Gasteiger partial charge in [0.2, 0.25) is 41.4 Å². The van der Waals surface area contributed by atoms with Crippen LogP contribution in [-0.2, 0) is 38.4 Å². The molecule has 0 aliphatic carbocycles. The summed E-state index contributed by atoms with van der Waals surface area (Å²) in [6, 6.07) is -10.6. The third-order valence-corrected chi connectivity index (χ3v) is 9.56. The normalized spacial score (nSPS) is 17.7. The second-order valence-electron chi connectivity index (χ2n) is 16.3. The number of hydrogen-bond acceptors (Lipinski definition) is 13.